The molecule has 3 fully saturated rings. The Labute approximate surface area is 240 Å². The van der Waals surface area contributed by atoms with Crippen molar-refractivity contribution in [3.63, 3.8) is 0 Å². The third-order valence-electron chi connectivity index (χ3n) is 9.38. The van der Waals surface area contributed by atoms with Gasteiger partial charge in [0, 0.05) is 12.6 Å². The Morgan fingerprint density at radius 3 is 2.45 bits per heavy atom. The smallest absolute Gasteiger partial charge is 0.368 e. The second-order valence-electron chi connectivity index (χ2n) is 13.1. The van der Waals surface area contributed by atoms with E-state index in [1.165, 1.54) is 31.9 Å². The molecule has 5 N–H and O–H groups in total. The van der Waals surface area contributed by atoms with E-state index in [9.17, 15) is 37.1 Å². The van der Waals surface area contributed by atoms with E-state index in [1.54, 1.807) is 10.7 Å². The first kappa shape index (κ1) is 29.8. The average molecular weight is 596 g/mol. The molecule has 1 aromatic heterocycles. The van der Waals surface area contributed by atoms with E-state index >= 15 is 0 Å². The quantitative estimate of drug-likeness (QED) is 0.363. The van der Waals surface area contributed by atoms with Crippen molar-refractivity contribution in [1.82, 2.24) is 25.3 Å². The predicted octanol–water partition coefficient (Wildman–Crippen LogP) is 0.778. The van der Waals surface area contributed by atoms with Crippen LogP contribution in [0.2, 0.25) is 0 Å². The van der Waals surface area contributed by atoms with Gasteiger partial charge in [-0.1, -0.05) is 20.8 Å². The Morgan fingerprint density at radius 2 is 1.81 bits per heavy atom. The van der Waals surface area contributed by atoms with Crippen LogP contribution in [0.25, 0.3) is 0 Å². The van der Waals surface area contributed by atoms with Gasteiger partial charge in [0.1, 0.15) is 23.9 Å². The van der Waals surface area contributed by atoms with Crippen molar-refractivity contribution in [2.45, 2.75) is 77.3 Å². The molecule has 3 heterocycles. The zero-order valence-corrected chi connectivity index (χ0v) is 23.6. The molecule has 1 saturated heterocycles. The number of likely N-dealkylation sites (tertiary alicyclic amines) is 1. The van der Waals surface area contributed by atoms with Crippen LogP contribution in [0.15, 0.2) is 12.3 Å². The summed E-state index contributed by atoms with van der Waals surface area (Å²) in [5, 5.41) is 11.3. The Kier molecular flexibility index (Phi) is 7.50. The second kappa shape index (κ2) is 10.6. The first-order chi connectivity index (χ1) is 19.6. The maximum atomic E-state index is 13.9. The van der Waals surface area contributed by atoms with Gasteiger partial charge in [-0.15, -0.1) is 0 Å². The van der Waals surface area contributed by atoms with Crippen LogP contribution in [0.5, 0.6) is 0 Å². The zero-order valence-electron chi connectivity index (χ0n) is 23.6. The lowest BCUT2D eigenvalue weighted by atomic mass is 9.78. The Bertz CT molecular complexity index is 1290. The number of primary amides is 1. The van der Waals surface area contributed by atoms with Crippen LogP contribution in [0.1, 0.15) is 46.5 Å². The Morgan fingerprint density at radius 1 is 1.12 bits per heavy atom. The summed E-state index contributed by atoms with van der Waals surface area (Å²) in [6, 6.07) is -2.24. The average Bonchev–Trinajstić information content (AvgIpc) is 3.66. The fourth-order valence-corrected chi connectivity index (χ4v) is 7.41. The van der Waals surface area contributed by atoms with E-state index < -0.39 is 59.3 Å². The van der Waals surface area contributed by atoms with E-state index in [-0.39, 0.29) is 49.1 Å². The van der Waals surface area contributed by atoms with Gasteiger partial charge in [0.25, 0.3) is 0 Å². The van der Waals surface area contributed by atoms with Crippen molar-refractivity contribution < 1.29 is 37.1 Å². The van der Waals surface area contributed by atoms with Gasteiger partial charge in [-0.25, -0.2) is 4.68 Å². The topological polar surface area (TPSA) is 169 Å². The van der Waals surface area contributed by atoms with E-state index in [2.05, 4.69) is 15.7 Å². The molecule has 0 radical (unpaired) electrons. The Balaban J connectivity index is 1.39. The van der Waals surface area contributed by atoms with Crippen molar-refractivity contribution >= 4 is 35.4 Å². The molecule has 12 nitrogen and oxygen atoms in total. The highest BCUT2D eigenvalue weighted by molar-refractivity contribution is 5.97. The number of aromatic nitrogens is 2. The molecule has 2 bridgehead atoms. The van der Waals surface area contributed by atoms with E-state index in [0.717, 1.165) is 19.3 Å². The molecule has 2 saturated carbocycles. The highest BCUT2D eigenvalue weighted by atomic mass is 19.4. The number of carbonyl (C=O) groups excluding carboxylic acids is 5. The number of hydrogen-bond donors (Lipinski definition) is 4. The number of carbonyl (C=O) groups is 5. The lowest BCUT2D eigenvalue weighted by molar-refractivity contribution is -0.176. The molecule has 1 aromatic rings. The molecule has 0 unspecified atom stereocenters. The maximum absolute atomic E-state index is 13.9. The summed E-state index contributed by atoms with van der Waals surface area (Å²) in [6.45, 7) is 4.93. The third-order valence-corrected chi connectivity index (χ3v) is 9.38. The van der Waals surface area contributed by atoms with E-state index in [0.29, 0.717) is 5.82 Å². The fourth-order valence-electron chi connectivity index (χ4n) is 7.41. The normalized spacial score (nSPS) is 29.8. The number of halogens is 3. The van der Waals surface area contributed by atoms with Crippen LogP contribution in [0, 0.1) is 35.0 Å². The molecule has 0 spiro atoms. The molecule has 2 aliphatic heterocycles. The number of amides is 5. The predicted molar refractivity (Wildman–Crippen MR) is 141 cm³/mol. The van der Waals surface area contributed by atoms with Crippen LogP contribution >= 0.6 is 0 Å². The number of nitrogens with zero attached hydrogens (tertiary/aromatic N) is 3. The standard InChI is InChI=1S/C27H36F3N7O5/c1-26(2,3)20(35-25(42)27(28,29)30)24(41)36-11-15-12-4-5-13(8-12)18(15)19(36)23(40)33-16(21(31)38)9-14-10-37-17(6-7-32-37)34-22(14)39/h6-7,12-16,18-20H,4-5,8-11H2,1-3H3,(H2,31,38)(H,33,40)(H,34,39)(H,35,42)/t12-,13+,14-,15-,16+,18+,19+,20-/m1/s1. The largest absolute Gasteiger partial charge is 0.471 e. The molecule has 5 amide bonds. The number of anilines is 1. The fraction of sp³-hybridized carbons (Fsp3) is 0.704. The number of alkyl halides is 3. The van der Waals surface area contributed by atoms with Crippen LogP contribution in [-0.4, -0.2) is 75.1 Å². The molecular formula is C27H36F3N7O5. The summed E-state index contributed by atoms with van der Waals surface area (Å²) >= 11 is 0. The van der Waals surface area contributed by atoms with E-state index in [4.69, 9.17) is 5.73 Å². The summed E-state index contributed by atoms with van der Waals surface area (Å²) in [7, 11) is 0. The van der Waals surface area contributed by atoms with Gasteiger partial charge in [-0.3, -0.25) is 24.0 Å². The molecule has 230 valence electrons. The zero-order chi connectivity index (χ0) is 30.7. The molecule has 15 heteroatoms. The molecule has 2 aliphatic carbocycles. The minimum Gasteiger partial charge on any atom is -0.368 e. The molecule has 0 aromatic carbocycles. The van der Waals surface area contributed by atoms with Gasteiger partial charge in [0.05, 0.1) is 18.7 Å². The van der Waals surface area contributed by atoms with Gasteiger partial charge >= 0.3 is 12.1 Å². The number of rotatable bonds is 7. The van der Waals surface area contributed by atoms with Gasteiger partial charge in [-0.2, -0.15) is 18.3 Å². The first-order valence-electron chi connectivity index (χ1n) is 14.2. The highest BCUT2D eigenvalue weighted by Crippen LogP contribution is 2.57. The number of fused-ring (bicyclic) bond motifs is 6. The molecule has 5 rings (SSSR count). The monoisotopic (exact) mass is 595 g/mol. The van der Waals surface area contributed by atoms with Gasteiger partial charge in [0.2, 0.25) is 23.6 Å². The molecule has 8 atom stereocenters. The number of nitrogens with one attached hydrogen (secondary N) is 3. The third kappa shape index (κ3) is 5.44. The van der Waals surface area contributed by atoms with Crippen molar-refractivity contribution in [2.75, 3.05) is 11.9 Å². The summed E-state index contributed by atoms with van der Waals surface area (Å²) in [5.41, 5.74) is 4.54. The lowest BCUT2D eigenvalue weighted by Crippen LogP contribution is -2.61. The molecule has 4 aliphatic rings. The van der Waals surface area contributed by atoms with Gasteiger partial charge in [0.15, 0.2) is 0 Å². The first-order valence-corrected chi connectivity index (χ1v) is 14.2. The lowest BCUT2D eigenvalue weighted by Gasteiger charge is -2.37. The number of hydrogen-bond acceptors (Lipinski definition) is 6. The van der Waals surface area contributed by atoms with Crippen LogP contribution < -0.4 is 21.7 Å². The summed E-state index contributed by atoms with van der Waals surface area (Å²) in [6.07, 6.45) is -1.10. The summed E-state index contributed by atoms with van der Waals surface area (Å²) < 4.78 is 41.1. The van der Waals surface area contributed by atoms with Crippen molar-refractivity contribution in [1.29, 1.82) is 0 Å². The maximum Gasteiger partial charge on any atom is 0.471 e. The molecule has 42 heavy (non-hydrogen) atoms. The van der Waals surface area contributed by atoms with Gasteiger partial charge in [-0.05, 0) is 54.8 Å². The van der Waals surface area contributed by atoms with Crippen LogP contribution in [0.4, 0.5) is 19.0 Å². The highest BCUT2D eigenvalue weighted by Gasteiger charge is 2.60. The van der Waals surface area contributed by atoms with Crippen molar-refractivity contribution in [3.8, 4) is 0 Å². The summed E-state index contributed by atoms with van der Waals surface area (Å²) in [5.74, 6) is -5.00. The minimum atomic E-state index is -5.20. The minimum absolute atomic E-state index is 0.0308. The summed E-state index contributed by atoms with van der Waals surface area (Å²) in [4.78, 5) is 66.2. The SMILES string of the molecule is CC(C)(C)[C@H](NC(=O)C(F)(F)F)C(=O)N1C[C@@H]2[C@@H]3CC[C@@H](C3)[C@@H]2[C@H]1C(=O)N[C@@H](C[C@@H]1Cn2nccc2NC1=O)C(N)=O. The number of nitrogens with two attached hydrogens (primary N) is 1. The second-order valence-corrected chi connectivity index (χ2v) is 13.1. The van der Waals surface area contributed by atoms with Crippen molar-refractivity contribution in [3.05, 3.63) is 12.3 Å². The van der Waals surface area contributed by atoms with Crippen molar-refractivity contribution in [2.24, 2.45) is 40.7 Å². The van der Waals surface area contributed by atoms with E-state index in [1.807, 2.05) is 5.32 Å². The van der Waals surface area contributed by atoms with Crippen LogP contribution in [-0.2, 0) is 30.5 Å². The van der Waals surface area contributed by atoms with Gasteiger partial charge < -0.3 is 26.6 Å². The Hall–Kier alpha value is -3.65. The van der Waals surface area contributed by atoms with Crippen LogP contribution in [0.3, 0.4) is 0 Å². The molecular weight excluding hydrogens is 559 g/mol.